The lowest BCUT2D eigenvalue weighted by atomic mass is 10.1. The molecule has 0 radical (unpaired) electrons. The molecule has 0 spiro atoms. The smallest absolute Gasteiger partial charge is 0.262 e. The second-order valence-electron chi connectivity index (χ2n) is 5.62. The predicted molar refractivity (Wildman–Crippen MR) is 85.4 cm³/mol. The van der Waals surface area contributed by atoms with Gasteiger partial charge in [-0.25, -0.2) is 4.39 Å². The minimum Gasteiger partial charge on any atom is -0.379 e. The SMILES string of the molecule is CC(C)OC(O[SiH2]CCCc1cccc(F)c1)OC(C)C. The van der Waals surface area contributed by atoms with Crippen molar-refractivity contribution in [2.75, 3.05) is 0 Å². The second kappa shape index (κ2) is 10.1. The van der Waals surface area contributed by atoms with Crippen molar-refractivity contribution in [3.8, 4) is 0 Å². The van der Waals surface area contributed by atoms with E-state index in [9.17, 15) is 4.39 Å². The number of aryl methyl sites for hydroxylation is 1. The summed E-state index contributed by atoms with van der Waals surface area (Å²) >= 11 is 0. The molecule has 0 heterocycles. The van der Waals surface area contributed by atoms with Crippen LogP contribution < -0.4 is 0 Å². The van der Waals surface area contributed by atoms with Crippen LogP contribution in [0.25, 0.3) is 0 Å². The molecule has 0 aliphatic heterocycles. The van der Waals surface area contributed by atoms with Crippen molar-refractivity contribution >= 4 is 9.76 Å². The first-order valence-electron chi connectivity index (χ1n) is 7.64. The van der Waals surface area contributed by atoms with Gasteiger partial charge in [0.15, 0.2) is 9.76 Å². The quantitative estimate of drug-likeness (QED) is 0.376. The number of halogens is 1. The van der Waals surface area contributed by atoms with E-state index < -0.39 is 16.2 Å². The Morgan fingerprint density at radius 1 is 1.10 bits per heavy atom. The van der Waals surface area contributed by atoms with E-state index in [1.807, 2.05) is 33.8 Å². The zero-order valence-electron chi connectivity index (χ0n) is 13.5. The Bertz CT molecular complexity index is 389. The van der Waals surface area contributed by atoms with E-state index in [1.165, 1.54) is 6.07 Å². The standard InChI is InChI=1S/C16H27FO3Si/c1-12(2)18-16(19-13(3)4)20-21-10-6-8-14-7-5-9-15(17)11-14/h5,7,9,11-13,16H,6,8,10,21H2,1-4H3. The van der Waals surface area contributed by atoms with Gasteiger partial charge in [0.05, 0.1) is 12.2 Å². The van der Waals surface area contributed by atoms with Crippen LogP contribution in [0.2, 0.25) is 6.04 Å². The maximum atomic E-state index is 13.0. The zero-order chi connectivity index (χ0) is 15.7. The van der Waals surface area contributed by atoms with Gasteiger partial charge in [-0.15, -0.1) is 0 Å². The minimum atomic E-state index is -0.691. The molecule has 1 aromatic rings. The maximum Gasteiger partial charge on any atom is 0.262 e. The Balaban J connectivity index is 2.21. The third kappa shape index (κ3) is 8.98. The first-order chi connectivity index (χ1) is 9.97. The Morgan fingerprint density at radius 3 is 2.33 bits per heavy atom. The third-order valence-corrected chi connectivity index (χ3v) is 4.07. The largest absolute Gasteiger partial charge is 0.379 e. The summed E-state index contributed by atoms with van der Waals surface area (Å²) in [6.45, 7) is 7.31. The highest BCUT2D eigenvalue weighted by Gasteiger charge is 2.13. The van der Waals surface area contributed by atoms with Crippen LogP contribution in [0.5, 0.6) is 0 Å². The van der Waals surface area contributed by atoms with Crippen LogP contribution in [-0.4, -0.2) is 28.4 Å². The van der Waals surface area contributed by atoms with Crippen LogP contribution >= 0.6 is 0 Å². The first-order valence-corrected chi connectivity index (χ1v) is 9.22. The van der Waals surface area contributed by atoms with Crippen LogP contribution in [0, 0.1) is 5.82 Å². The zero-order valence-corrected chi connectivity index (χ0v) is 14.9. The summed E-state index contributed by atoms with van der Waals surface area (Å²) in [6.07, 6.45) is 2.05. The first kappa shape index (κ1) is 18.3. The Labute approximate surface area is 129 Å². The van der Waals surface area contributed by atoms with Crippen LogP contribution in [0.15, 0.2) is 24.3 Å². The van der Waals surface area contributed by atoms with E-state index in [-0.39, 0.29) is 18.0 Å². The topological polar surface area (TPSA) is 27.7 Å². The van der Waals surface area contributed by atoms with Gasteiger partial charge < -0.3 is 13.9 Å². The van der Waals surface area contributed by atoms with Crippen LogP contribution in [0.1, 0.15) is 39.7 Å². The lowest BCUT2D eigenvalue weighted by Gasteiger charge is -2.23. The molecule has 0 N–H and O–H groups in total. The monoisotopic (exact) mass is 314 g/mol. The molecule has 0 amide bonds. The lowest BCUT2D eigenvalue weighted by Crippen LogP contribution is -2.28. The lowest BCUT2D eigenvalue weighted by molar-refractivity contribution is -0.275. The normalized spacial score (nSPS) is 12.4. The van der Waals surface area contributed by atoms with Gasteiger partial charge >= 0.3 is 0 Å². The van der Waals surface area contributed by atoms with E-state index in [0.29, 0.717) is 0 Å². The molecule has 120 valence electrons. The Hall–Kier alpha value is -0.753. The molecule has 0 bridgehead atoms. The van der Waals surface area contributed by atoms with Crippen LogP contribution in [-0.2, 0) is 20.3 Å². The highest BCUT2D eigenvalue weighted by Crippen LogP contribution is 2.09. The molecule has 0 saturated carbocycles. The van der Waals surface area contributed by atoms with Crippen LogP contribution in [0.4, 0.5) is 4.39 Å². The molecule has 5 heteroatoms. The Kier molecular flexibility index (Phi) is 8.76. The molecular formula is C16H27FO3Si. The molecule has 0 fully saturated rings. The second-order valence-corrected chi connectivity index (χ2v) is 7.06. The van der Waals surface area contributed by atoms with Gasteiger partial charge in [0, 0.05) is 0 Å². The third-order valence-electron chi connectivity index (χ3n) is 2.77. The fourth-order valence-electron chi connectivity index (χ4n) is 1.86. The molecule has 1 aromatic carbocycles. The minimum absolute atomic E-state index is 0.0787. The van der Waals surface area contributed by atoms with E-state index in [4.69, 9.17) is 13.9 Å². The van der Waals surface area contributed by atoms with Crippen molar-refractivity contribution in [2.24, 2.45) is 0 Å². The van der Waals surface area contributed by atoms with Crippen molar-refractivity contribution in [1.29, 1.82) is 0 Å². The molecule has 0 aliphatic rings. The van der Waals surface area contributed by atoms with Crippen molar-refractivity contribution in [1.82, 2.24) is 0 Å². The molecule has 0 unspecified atom stereocenters. The number of hydrogen-bond donors (Lipinski definition) is 0. The van der Waals surface area contributed by atoms with Crippen LogP contribution in [0.3, 0.4) is 0 Å². The molecule has 0 atom stereocenters. The fourth-order valence-corrected chi connectivity index (χ4v) is 2.83. The van der Waals surface area contributed by atoms with Gasteiger partial charge in [-0.1, -0.05) is 18.6 Å². The van der Waals surface area contributed by atoms with Gasteiger partial charge in [0.1, 0.15) is 5.82 Å². The summed E-state index contributed by atoms with van der Waals surface area (Å²) in [5.41, 5.74) is 1.04. The maximum absolute atomic E-state index is 13.0. The molecule has 0 aromatic heterocycles. The molecular weight excluding hydrogens is 287 g/mol. The summed E-state index contributed by atoms with van der Waals surface area (Å²) in [5.74, 6) is -0.170. The molecule has 3 nitrogen and oxygen atoms in total. The van der Waals surface area contributed by atoms with Gasteiger partial charge in [-0.2, -0.15) is 0 Å². The number of ether oxygens (including phenoxy) is 2. The van der Waals surface area contributed by atoms with Crippen molar-refractivity contribution in [3.63, 3.8) is 0 Å². The van der Waals surface area contributed by atoms with E-state index in [0.717, 1.165) is 24.4 Å². The summed E-state index contributed by atoms with van der Waals surface area (Å²) in [5, 5.41) is 0. The van der Waals surface area contributed by atoms with Gasteiger partial charge in [0.2, 0.25) is 0 Å². The van der Waals surface area contributed by atoms with Crippen molar-refractivity contribution < 1.29 is 18.3 Å². The molecule has 21 heavy (non-hydrogen) atoms. The number of benzene rings is 1. The summed E-state index contributed by atoms with van der Waals surface area (Å²) < 4.78 is 30.0. The summed E-state index contributed by atoms with van der Waals surface area (Å²) in [6, 6.07) is 7.79. The average molecular weight is 314 g/mol. The van der Waals surface area contributed by atoms with Gasteiger partial charge in [-0.05, 0) is 57.9 Å². The van der Waals surface area contributed by atoms with Crippen molar-refractivity contribution in [3.05, 3.63) is 35.6 Å². The summed E-state index contributed by atoms with van der Waals surface area (Å²) in [7, 11) is -0.691. The van der Waals surface area contributed by atoms with E-state index in [2.05, 4.69) is 0 Å². The molecule has 1 rings (SSSR count). The molecule has 0 aliphatic carbocycles. The van der Waals surface area contributed by atoms with E-state index in [1.54, 1.807) is 12.1 Å². The highest BCUT2D eigenvalue weighted by atomic mass is 28.2. The Morgan fingerprint density at radius 2 is 1.76 bits per heavy atom. The average Bonchev–Trinajstić information content (AvgIpc) is 2.36. The summed E-state index contributed by atoms with van der Waals surface area (Å²) in [4.78, 5) is 0. The molecule has 0 saturated heterocycles. The fraction of sp³-hybridized carbons (Fsp3) is 0.625. The number of rotatable bonds is 10. The highest BCUT2D eigenvalue weighted by molar-refractivity contribution is 6.27. The van der Waals surface area contributed by atoms with Crippen molar-refractivity contribution in [2.45, 2.75) is 65.3 Å². The number of hydrogen-bond acceptors (Lipinski definition) is 3. The van der Waals surface area contributed by atoms with Gasteiger partial charge in [0.25, 0.3) is 6.48 Å². The van der Waals surface area contributed by atoms with E-state index >= 15 is 0 Å². The predicted octanol–water partition coefficient (Wildman–Crippen LogP) is 3.41. The van der Waals surface area contributed by atoms with Gasteiger partial charge in [-0.3, -0.25) is 0 Å².